The molecule has 1 atom stereocenters. The molecule has 7 nitrogen and oxygen atoms in total. The molecule has 1 aromatic carbocycles. The van der Waals surface area contributed by atoms with Gasteiger partial charge in [0.05, 0.1) is 20.8 Å². The predicted octanol–water partition coefficient (Wildman–Crippen LogP) is 0.615. The summed E-state index contributed by atoms with van der Waals surface area (Å²) < 4.78 is 15.6. The summed E-state index contributed by atoms with van der Waals surface area (Å²) in [4.78, 5) is 23.5. The average Bonchev–Trinajstić information content (AvgIpc) is 3.12. The SMILES string of the molecule is COc1ccc(CNC(=O)CNC(=O)C2CCCO2)cc1OC. The Morgan fingerprint density at radius 3 is 2.65 bits per heavy atom. The van der Waals surface area contributed by atoms with Gasteiger partial charge in [0.15, 0.2) is 11.5 Å². The molecule has 2 amide bonds. The third-order valence-corrected chi connectivity index (χ3v) is 3.58. The molecule has 2 N–H and O–H groups in total. The number of carbonyl (C=O) groups is 2. The zero-order chi connectivity index (χ0) is 16.7. The largest absolute Gasteiger partial charge is 0.493 e. The zero-order valence-corrected chi connectivity index (χ0v) is 13.4. The van der Waals surface area contributed by atoms with Gasteiger partial charge in [-0.05, 0) is 30.5 Å². The van der Waals surface area contributed by atoms with Crippen LogP contribution in [-0.4, -0.2) is 45.3 Å². The minimum absolute atomic E-state index is 0.0635. The molecule has 1 aliphatic heterocycles. The van der Waals surface area contributed by atoms with Gasteiger partial charge in [0, 0.05) is 13.2 Å². The highest BCUT2D eigenvalue weighted by atomic mass is 16.5. The molecule has 1 fully saturated rings. The fourth-order valence-electron chi connectivity index (χ4n) is 2.32. The van der Waals surface area contributed by atoms with Crippen molar-refractivity contribution in [3.8, 4) is 11.5 Å². The van der Waals surface area contributed by atoms with Crippen LogP contribution in [0.2, 0.25) is 0 Å². The van der Waals surface area contributed by atoms with E-state index in [9.17, 15) is 9.59 Å². The number of amides is 2. The smallest absolute Gasteiger partial charge is 0.249 e. The lowest BCUT2D eigenvalue weighted by atomic mass is 10.2. The summed E-state index contributed by atoms with van der Waals surface area (Å²) in [5, 5.41) is 5.32. The maximum atomic E-state index is 11.8. The quantitative estimate of drug-likeness (QED) is 0.768. The van der Waals surface area contributed by atoms with Gasteiger partial charge in [0.2, 0.25) is 11.8 Å². The lowest BCUT2D eigenvalue weighted by molar-refractivity contribution is -0.132. The van der Waals surface area contributed by atoms with Crippen molar-refractivity contribution in [1.82, 2.24) is 10.6 Å². The third kappa shape index (κ3) is 4.85. The standard InChI is InChI=1S/C16H22N2O5/c1-21-12-6-5-11(8-14(12)22-2)9-17-15(19)10-18-16(20)13-4-3-7-23-13/h5-6,8,13H,3-4,7,9-10H2,1-2H3,(H,17,19)(H,18,20). The van der Waals surface area contributed by atoms with E-state index >= 15 is 0 Å². The molecule has 0 radical (unpaired) electrons. The van der Waals surface area contributed by atoms with Crippen LogP contribution < -0.4 is 20.1 Å². The van der Waals surface area contributed by atoms with Crippen LogP contribution in [0.4, 0.5) is 0 Å². The van der Waals surface area contributed by atoms with Gasteiger partial charge in [0.25, 0.3) is 0 Å². The van der Waals surface area contributed by atoms with Crippen LogP contribution in [-0.2, 0) is 20.9 Å². The second kappa shape index (κ2) is 8.38. The van der Waals surface area contributed by atoms with E-state index in [0.717, 1.165) is 12.0 Å². The Kier molecular flexibility index (Phi) is 6.22. The number of methoxy groups -OCH3 is 2. The maximum Gasteiger partial charge on any atom is 0.249 e. The van der Waals surface area contributed by atoms with Gasteiger partial charge in [-0.25, -0.2) is 0 Å². The van der Waals surface area contributed by atoms with Gasteiger partial charge in [-0.1, -0.05) is 6.07 Å². The normalized spacial score (nSPS) is 16.7. The van der Waals surface area contributed by atoms with E-state index in [4.69, 9.17) is 14.2 Å². The molecule has 0 bridgehead atoms. The number of nitrogens with one attached hydrogen (secondary N) is 2. The molecule has 7 heteroatoms. The van der Waals surface area contributed by atoms with Crippen LogP contribution in [0.15, 0.2) is 18.2 Å². The Labute approximate surface area is 135 Å². The molecule has 0 saturated carbocycles. The highest BCUT2D eigenvalue weighted by molar-refractivity contribution is 5.86. The summed E-state index contributed by atoms with van der Waals surface area (Å²) in [5.74, 6) is 0.743. The van der Waals surface area contributed by atoms with Crippen LogP contribution in [0.3, 0.4) is 0 Å². The molecule has 126 valence electrons. The zero-order valence-electron chi connectivity index (χ0n) is 13.4. The minimum Gasteiger partial charge on any atom is -0.493 e. The highest BCUT2D eigenvalue weighted by Gasteiger charge is 2.23. The molecule has 0 aliphatic carbocycles. The van der Waals surface area contributed by atoms with Crippen LogP contribution in [0.25, 0.3) is 0 Å². The van der Waals surface area contributed by atoms with Gasteiger partial charge in [-0.3, -0.25) is 9.59 Å². The summed E-state index contributed by atoms with van der Waals surface area (Å²) in [7, 11) is 3.12. The van der Waals surface area contributed by atoms with E-state index in [1.807, 2.05) is 6.07 Å². The Bertz CT molecular complexity index is 555. The van der Waals surface area contributed by atoms with Gasteiger partial charge in [-0.15, -0.1) is 0 Å². The minimum atomic E-state index is -0.423. The van der Waals surface area contributed by atoms with Crippen molar-refractivity contribution in [2.24, 2.45) is 0 Å². The number of hydrogen-bond donors (Lipinski definition) is 2. The molecular weight excluding hydrogens is 300 g/mol. The van der Waals surface area contributed by atoms with Crippen LogP contribution in [0.5, 0.6) is 11.5 Å². The first-order chi connectivity index (χ1) is 11.1. The Hall–Kier alpha value is -2.28. The molecule has 1 aromatic rings. The lowest BCUT2D eigenvalue weighted by Crippen LogP contribution is -2.41. The molecule has 1 heterocycles. The summed E-state index contributed by atoms with van der Waals surface area (Å²) in [5.41, 5.74) is 0.876. The Morgan fingerprint density at radius 1 is 1.22 bits per heavy atom. The summed E-state index contributed by atoms with van der Waals surface area (Å²) >= 11 is 0. The van der Waals surface area contributed by atoms with Crippen molar-refractivity contribution in [3.63, 3.8) is 0 Å². The van der Waals surface area contributed by atoms with Crippen molar-refractivity contribution in [2.45, 2.75) is 25.5 Å². The van der Waals surface area contributed by atoms with E-state index in [-0.39, 0.29) is 18.4 Å². The van der Waals surface area contributed by atoms with Crippen molar-refractivity contribution >= 4 is 11.8 Å². The van der Waals surface area contributed by atoms with Crippen molar-refractivity contribution in [2.75, 3.05) is 27.4 Å². The van der Waals surface area contributed by atoms with Crippen LogP contribution in [0, 0.1) is 0 Å². The second-order valence-corrected chi connectivity index (χ2v) is 5.19. The fourth-order valence-corrected chi connectivity index (χ4v) is 2.32. The summed E-state index contributed by atoms with van der Waals surface area (Å²) in [6.45, 7) is 0.880. The number of ether oxygens (including phenoxy) is 3. The molecule has 23 heavy (non-hydrogen) atoms. The Balaban J connectivity index is 1.76. The molecule has 1 unspecified atom stereocenters. The summed E-state index contributed by atoms with van der Waals surface area (Å²) in [6.07, 6.45) is 1.16. The van der Waals surface area contributed by atoms with Crippen LogP contribution in [0.1, 0.15) is 18.4 Å². The summed E-state index contributed by atoms with van der Waals surface area (Å²) in [6, 6.07) is 5.41. The molecule has 1 saturated heterocycles. The van der Waals surface area contributed by atoms with E-state index in [2.05, 4.69) is 10.6 Å². The first kappa shape index (κ1) is 17.1. The average molecular weight is 322 g/mol. The van der Waals surface area contributed by atoms with Crippen molar-refractivity contribution in [3.05, 3.63) is 23.8 Å². The first-order valence-corrected chi connectivity index (χ1v) is 7.51. The topological polar surface area (TPSA) is 85.9 Å². The number of benzene rings is 1. The van der Waals surface area contributed by atoms with Crippen molar-refractivity contribution in [1.29, 1.82) is 0 Å². The fraction of sp³-hybridized carbons (Fsp3) is 0.500. The number of hydrogen-bond acceptors (Lipinski definition) is 5. The first-order valence-electron chi connectivity index (χ1n) is 7.51. The molecular formula is C16H22N2O5. The third-order valence-electron chi connectivity index (χ3n) is 3.58. The molecule has 0 spiro atoms. The molecule has 0 aromatic heterocycles. The monoisotopic (exact) mass is 322 g/mol. The van der Waals surface area contributed by atoms with E-state index < -0.39 is 6.10 Å². The molecule has 2 rings (SSSR count). The van der Waals surface area contributed by atoms with E-state index in [0.29, 0.717) is 31.1 Å². The highest BCUT2D eigenvalue weighted by Crippen LogP contribution is 2.27. The van der Waals surface area contributed by atoms with Crippen molar-refractivity contribution < 1.29 is 23.8 Å². The lowest BCUT2D eigenvalue weighted by Gasteiger charge is -2.12. The van der Waals surface area contributed by atoms with Gasteiger partial charge < -0.3 is 24.8 Å². The Morgan fingerprint density at radius 2 is 2.00 bits per heavy atom. The van der Waals surface area contributed by atoms with Gasteiger partial charge in [-0.2, -0.15) is 0 Å². The van der Waals surface area contributed by atoms with E-state index in [1.54, 1.807) is 26.4 Å². The predicted molar refractivity (Wildman–Crippen MR) is 83.4 cm³/mol. The van der Waals surface area contributed by atoms with Gasteiger partial charge >= 0.3 is 0 Å². The second-order valence-electron chi connectivity index (χ2n) is 5.19. The number of carbonyl (C=O) groups excluding carboxylic acids is 2. The van der Waals surface area contributed by atoms with E-state index in [1.165, 1.54) is 0 Å². The number of rotatable bonds is 7. The van der Waals surface area contributed by atoms with Crippen LogP contribution >= 0.6 is 0 Å². The van der Waals surface area contributed by atoms with Gasteiger partial charge in [0.1, 0.15) is 6.10 Å². The maximum absolute atomic E-state index is 11.8. The molecule has 1 aliphatic rings.